The second-order valence-corrected chi connectivity index (χ2v) is 4.56. The van der Waals surface area contributed by atoms with Gasteiger partial charge in [0.2, 0.25) is 0 Å². The summed E-state index contributed by atoms with van der Waals surface area (Å²) in [6.45, 7) is 0. The molecule has 6 heteroatoms. The Hall–Kier alpha value is -2.53. The molecule has 0 bridgehead atoms. The molecule has 2 aromatic carbocycles. The third kappa shape index (κ3) is 3.32. The summed E-state index contributed by atoms with van der Waals surface area (Å²) in [6.07, 6.45) is 0. The predicted octanol–water partition coefficient (Wildman–Crippen LogP) is 3.30. The van der Waals surface area contributed by atoms with Gasteiger partial charge >= 0.3 is 5.97 Å². The number of amides is 1. The number of carbonyl (C=O) groups excluding carboxylic acids is 1. The molecule has 2 aromatic rings. The number of rotatable bonds is 4. The molecule has 2 rings (SSSR count). The fourth-order valence-corrected chi connectivity index (χ4v) is 2.00. The average molecular weight is 306 g/mol. The highest BCUT2D eigenvalue weighted by atomic mass is 35.5. The third-order valence-electron chi connectivity index (χ3n) is 2.81. The predicted molar refractivity (Wildman–Crippen MR) is 79.4 cm³/mol. The van der Waals surface area contributed by atoms with Gasteiger partial charge in [-0.05, 0) is 30.3 Å². The average Bonchev–Trinajstić information content (AvgIpc) is 2.49. The largest absolute Gasteiger partial charge is 0.497 e. The number of methoxy groups -OCH3 is 1. The highest BCUT2D eigenvalue weighted by molar-refractivity contribution is 6.34. The zero-order chi connectivity index (χ0) is 15.4. The van der Waals surface area contributed by atoms with Crippen LogP contribution in [-0.4, -0.2) is 24.1 Å². The zero-order valence-corrected chi connectivity index (χ0v) is 11.8. The summed E-state index contributed by atoms with van der Waals surface area (Å²) in [7, 11) is 1.49. The molecule has 0 aromatic heterocycles. The molecule has 0 aliphatic heterocycles. The van der Waals surface area contributed by atoms with Crippen molar-refractivity contribution in [1.82, 2.24) is 0 Å². The van der Waals surface area contributed by atoms with Gasteiger partial charge in [0.25, 0.3) is 5.91 Å². The van der Waals surface area contributed by atoms with Crippen molar-refractivity contribution in [3.63, 3.8) is 0 Å². The highest BCUT2D eigenvalue weighted by Gasteiger charge is 2.16. The molecule has 0 fully saturated rings. The molecule has 5 nitrogen and oxygen atoms in total. The van der Waals surface area contributed by atoms with Crippen LogP contribution >= 0.6 is 11.6 Å². The van der Waals surface area contributed by atoms with Gasteiger partial charge < -0.3 is 15.2 Å². The van der Waals surface area contributed by atoms with Crippen molar-refractivity contribution in [2.75, 3.05) is 12.4 Å². The van der Waals surface area contributed by atoms with Crippen LogP contribution in [0.1, 0.15) is 20.7 Å². The van der Waals surface area contributed by atoms with E-state index in [4.69, 9.17) is 21.4 Å². The first-order valence-electron chi connectivity index (χ1n) is 6.00. The number of carbonyl (C=O) groups is 2. The van der Waals surface area contributed by atoms with Gasteiger partial charge in [0.1, 0.15) is 5.75 Å². The lowest BCUT2D eigenvalue weighted by Crippen LogP contribution is -2.15. The lowest BCUT2D eigenvalue weighted by molar-refractivity contribution is 0.0698. The van der Waals surface area contributed by atoms with Crippen LogP contribution in [0.25, 0.3) is 0 Å². The minimum atomic E-state index is -1.17. The minimum absolute atomic E-state index is 0.0690. The number of anilines is 1. The van der Waals surface area contributed by atoms with Crippen LogP contribution in [0.2, 0.25) is 5.02 Å². The van der Waals surface area contributed by atoms with Gasteiger partial charge in [-0.3, -0.25) is 4.79 Å². The molecule has 0 unspecified atom stereocenters. The fraction of sp³-hybridized carbons (Fsp3) is 0.0667. The van der Waals surface area contributed by atoms with E-state index in [1.807, 2.05) is 0 Å². The molecular formula is C15H12ClNO4. The Balaban J connectivity index is 2.33. The molecule has 0 spiro atoms. The summed E-state index contributed by atoms with van der Waals surface area (Å²) >= 11 is 5.96. The lowest BCUT2D eigenvalue weighted by atomic mass is 10.1. The fourth-order valence-electron chi connectivity index (χ4n) is 1.78. The van der Waals surface area contributed by atoms with Gasteiger partial charge in [0.15, 0.2) is 0 Å². The number of ether oxygens (including phenoxy) is 1. The van der Waals surface area contributed by atoms with Gasteiger partial charge in [0, 0.05) is 5.56 Å². The van der Waals surface area contributed by atoms with E-state index in [2.05, 4.69) is 5.32 Å². The molecule has 0 atom stereocenters. The number of aromatic carboxylic acids is 1. The molecule has 0 radical (unpaired) electrons. The van der Waals surface area contributed by atoms with Crippen LogP contribution in [0.4, 0.5) is 5.69 Å². The van der Waals surface area contributed by atoms with Crippen molar-refractivity contribution in [2.45, 2.75) is 0 Å². The maximum absolute atomic E-state index is 12.2. The Bertz CT molecular complexity index is 700. The van der Waals surface area contributed by atoms with Crippen molar-refractivity contribution >= 4 is 29.2 Å². The molecule has 0 aliphatic carbocycles. The topological polar surface area (TPSA) is 75.6 Å². The summed E-state index contributed by atoms with van der Waals surface area (Å²) < 4.78 is 5.04. The molecule has 0 heterocycles. The lowest BCUT2D eigenvalue weighted by Gasteiger charge is -2.11. The van der Waals surface area contributed by atoms with Crippen molar-refractivity contribution in [3.8, 4) is 5.75 Å². The van der Waals surface area contributed by atoms with Crippen molar-refractivity contribution < 1.29 is 19.4 Å². The Morgan fingerprint density at radius 2 is 1.90 bits per heavy atom. The first-order chi connectivity index (χ1) is 10.0. The molecular weight excluding hydrogens is 294 g/mol. The highest BCUT2D eigenvalue weighted by Crippen LogP contribution is 2.27. The van der Waals surface area contributed by atoms with Gasteiger partial charge in [-0.2, -0.15) is 0 Å². The number of hydrogen-bond donors (Lipinski definition) is 2. The standard InChI is InChI=1S/C15H12ClNO4/c1-21-10-5-2-4-9(8-10)14(18)17-13-11(15(19)20)6-3-7-12(13)16/h2-8H,1H3,(H,17,18)(H,19,20). The maximum Gasteiger partial charge on any atom is 0.337 e. The number of para-hydroxylation sites is 1. The van der Waals surface area contributed by atoms with E-state index >= 15 is 0 Å². The Kier molecular flexibility index (Phi) is 4.45. The van der Waals surface area contributed by atoms with E-state index in [1.165, 1.54) is 25.3 Å². The van der Waals surface area contributed by atoms with E-state index in [-0.39, 0.29) is 16.3 Å². The number of hydrogen-bond acceptors (Lipinski definition) is 3. The quantitative estimate of drug-likeness (QED) is 0.908. The molecule has 0 saturated carbocycles. The molecule has 21 heavy (non-hydrogen) atoms. The number of nitrogens with one attached hydrogen (secondary N) is 1. The summed E-state index contributed by atoms with van der Waals surface area (Å²) in [5.41, 5.74) is 0.337. The van der Waals surface area contributed by atoms with Crippen LogP contribution in [0.3, 0.4) is 0 Å². The van der Waals surface area contributed by atoms with E-state index < -0.39 is 11.9 Å². The molecule has 0 saturated heterocycles. The van der Waals surface area contributed by atoms with Crippen LogP contribution < -0.4 is 10.1 Å². The second kappa shape index (κ2) is 6.28. The molecule has 0 aliphatic rings. The number of halogens is 1. The van der Waals surface area contributed by atoms with Gasteiger partial charge in [-0.15, -0.1) is 0 Å². The minimum Gasteiger partial charge on any atom is -0.497 e. The monoisotopic (exact) mass is 305 g/mol. The van der Waals surface area contributed by atoms with Gasteiger partial charge in [-0.25, -0.2) is 4.79 Å². The first-order valence-corrected chi connectivity index (χ1v) is 6.38. The van der Waals surface area contributed by atoms with Crippen LogP contribution in [0, 0.1) is 0 Å². The van der Waals surface area contributed by atoms with Gasteiger partial charge in [-0.1, -0.05) is 23.7 Å². The van der Waals surface area contributed by atoms with Gasteiger partial charge in [0.05, 0.1) is 23.4 Å². The Morgan fingerprint density at radius 1 is 1.19 bits per heavy atom. The van der Waals surface area contributed by atoms with E-state index in [1.54, 1.807) is 24.3 Å². The van der Waals surface area contributed by atoms with E-state index in [9.17, 15) is 9.59 Å². The van der Waals surface area contributed by atoms with Crippen molar-refractivity contribution in [1.29, 1.82) is 0 Å². The normalized spacial score (nSPS) is 10.0. The smallest absolute Gasteiger partial charge is 0.337 e. The third-order valence-corrected chi connectivity index (χ3v) is 3.13. The summed E-state index contributed by atoms with van der Waals surface area (Å²) in [4.78, 5) is 23.4. The molecule has 108 valence electrons. The van der Waals surface area contributed by atoms with Crippen LogP contribution in [0.15, 0.2) is 42.5 Å². The van der Waals surface area contributed by atoms with Crippen molar-refractivity contribution in [3.05, 3.63) is 58.6 Å². The van der Waals surface area contributed by atoms with Crippen LogP contribution in [0.5, 0.6) is 5.75 Å². The van der Waals surface area contributed by atoms with Crippen LogP contribution in [-0.2, 0) is 0 Å². The number of carboxylic acids is 1. The summed E-state index contributed by atoms with van der Waals surface area (Å²) in [6, 6.07) is 10.9. The SMILES string of the molecule is COc1cccc(C(=O)Nc2c(Cl)cccc2C(=O)O)c1. The Morgan fingerprint density at radius 3 is 2.57 bits per heavy atom. The molecule has 1 amide bonds. The van der Waals surface area contributed by atoms with E-state index in [0.29, 0.717) is 11.3 Å². The second-order valence-electron chi connectivity index (χ2n) is 4.15. The maximum atomic E-state index is 12.2. The first kappa shape index (κ1) is 14.9. The Labute approximate surface area is 126 Å². The number of carboxylic acid groups (broad SMARTS) is 1. The molecule has 2 N–H and O–H groups in total. The summed E-state index contributed by atoms with van der Waals surface area (Å²) in [5.74, 6) is -1.11. The van der Waals surface area contributed by atoms with Crippen molar-refractivity contribution in [2.24, 2.45) is 0 Å². The number of benzene rings is 2. The summed E-state index contributed by atoms with van der Waals surface area (Å²) in [5, 5.41) is 11.8. The zero-order valence-electron chi connectivity index (χ0n) is 11.1. The van der Waals surface area contributed by atoms with E-state index in [0.717, 1.165) is 0 Å².